The third kappa shape index (κ3) is 3.50. The summed E-state index contributed by atoms with van der Waals surface area (Å²) in [5, 5.41) is 0. The molecule has 0 radical (unpaired) electrons. The van der Waals surface area contributed by atoms with Crippen molar-refractivity contribution in [1.29, 1.82) is 0 Å². The van der Waals surface area contributed by atoms with Crippen LogP contribution < -0.4 is 11.3 Å². The third-order valence-corrected chi connectivity index (χ3v) is 4.48. The first kappa shape index (κ1) is 13.5. The van der Waals surface area contributed by atoms with E-state index in [9.17, 15) is 0 Å². The monoisotopic (exact) mass is 361 g/mol. The van der Waals surface area contributed by atoms with Gasteiger partial charge < -0.3 is 0 Å². The second kappa shape index (κ2) is 6.27. The van der Waals surface area contributed by atoms with Gasteiger partial charge in [0.15, 0.2) is 0 Å². The zero-order chi connectivity index (χ0) is 12.3. The number of nitrogens with one attached hydrogen (secondary N) is 1. The number of rotatable bonds is 4. The maximum absolute atomic E-state index is 5.67. The molecule has 1 fully saturated rings. The molecule has 17 heavy (non-hydrogen) atoms. The van der Waals surface area contributed by atoms with Crippen LogP contribution in [0.5, 0.6) is 0 Å². The topological polar surface area (TPSA) is 50.9 Å². The summed E-state index contributed by atoms with van der Waals surface area (Å²) in [5.41, 5.74) is 3.90. The van der Waals surface area contributed by atoms with Crippen LogP contribution in [-0.2, 0) is 0 Å². The highest BCUT2D eigenvalue weighted by Gasteiger charge is 2.22. The minimum Gasteiger partial charge on any atom is -0.271 e. The van der Waals surface area contributed by atoms with Crippen LogP contribution >= 0.6 is 31.9 Å². The van der Waals surface area contributed by atoms with Gasteiger partial charge in [-0.3, -0.25) is 16.3 Å². The molecule has 1 atom stereocenters. The highest BCUT2D eigenvalue weighted by Crippen LogP contribution is 2.34. The van der Waals surface area contributed by atoms with Crippen molar-refractivity contribution in [2.45, 2.75) is 38.1 Å². The van der Waals surface area contributed by atoms with Gasteiger partial charge in [-0.25, -0.2) is 0 Å². The summed E-state index contributed by atoms with van der Waals surface area (Å²) in [6.07, 6.45) is 8.26. The van der Waals surface area contributed by atoms with E-state index in [2.05, 4.69) is 42.3 Å². The Labute approximate surface area is 119 Å². The molecule has 0 saturated heterocycles. The van der Waals surface area contributed by atoms with Crippen LogP contribution in [0, 0.1) is 5.92 Å². The Hall–Kier alpha value is 0.0300. The summed E-state index contributed by atoms with van der Waals surface area (Å²) in [4.78, 5) is 4.45. The molecule has 1 aliphatic carbocycles. The van der Waals surface area contributed by atoms with E-state index in [0.29, 0.717) is 0 Å². The lowest BCUT2D eigenvalue weighted by molar-refractivity contribution is 0.393. The van der Waals surface area contributed by atoms with E-state index >= 15 is 0 Å². The third-order valence-electron chi connectivity index (χ3n) is 3.41. The van der Waals surface area contributed by atoms with Gasteiger partial charge in [-0.05, 0) is 50.3 Å². The van der Waals surface area contributed by atoms with Crippen LogP contribution in [0.15, 0.2) is 21.2 Å². The van der Waals surface area contributed by atoms with Crippen LogP contribution in [0.25, 0.3) is 0 Å². The van der Waals surface area contributed by atoms with Crippen molar-refractivity contribution in [1.82, 2.24) is 10.4 Å². The van der Waals surface area contributed by atoms with E-state index in [4.69, 9.17) is 5.84 Å². The van der Waals surface area contributed by atoms with E-state index in [0.717, 1.165) is 27.0 Å². The van der Waals surface area contributed by atoms with Gasteiger partial charge in [0.25, 0.3) is 0 Å². The standard InChI is InChI=1S/C12H17Br2N3/c13-9-6-10(14)12(16-7-9)11(17-15)5-8-3-1-2-4-8/h6-8,11,17H,1-5,15H2. The Morgan fingerprint density at radius 2 is 2.12 bits per heavy atom. The molecule has 5 heteroatoms. The summed E-state index contributed by atoms with van der Waals surface area (Å²) in [6, 6.07) is 2.15. The highest BCUT2D eigenvalue weighted by atomic mass is 79.9. The fraction of sp³-hybridized carbons (Fsp3) is 0.583. The molecule has 0 amide bonds. The quantitative estimate of drug-likeness (QED) is 0.634. The Balaban J connectivity index is 2.10. The summed E-state index contributed by atoms with van der Waals surface area (Å²) >= 11 is 6.96. The lowest BCUT2D eigenvalue weighted by Crippen LogP contribution is -2.30. The van der Waals surface area contributed by atoms with E-state index < -0.39 is 0 Å². The average molecular weight is 363 g/mol. The van der Waals surface area contributed by atoms with Gasteiger partial charge in [0.2, 0.25) is 0 Å². The fourth-order valence-electron chi connectivity index (χ4n) is 2.52. The molecular weight excluding hydrogens is 346 g/mol. The first-order valence-electron chi connectivity index (χ1n) is 5.97. The second-order valence-corrected chi connectivity index (χ2v) is 6.40. The number of aromatic nitrogens is 1. The lowest BCUT2D eigenvalue weighted by Gasteiger charge is -2.20. The fourth-order valence-corrected chi connectivity index (χ4v) is 3.78. The van der Waals surface area contributed by atoms with E-state index in [-0.39, 0.29) is 6.04 Å². The second-order valence-electron chi connectivity index (χ2n) is 4.63. The van der Waals surface area contributed by atoms with Crippen molar-refractivity contribution in [3.8, 4) is 0 Å². The molecule has 1 heterocycles. The van der Waals surface area contributed by atoms with Gasteiger partial charge in [-0.15, -0.1) is 0 Å². The molecule has 0 spiro atoms. The highest BCUT2D eigenvalue weighted by molar-refractivity contribution is 9.11. The van der Waals surface area contributed by atoms with E-state index in [1.54, 1.807) is 0 Å². The van der Waals surface area contributed by atoms with Crippen molar-refractivity contribution in [2.24, 2.45) is 11.8 Å². The number of nitrogens with two attached hydrogens (primary N) is 1. The van der Waals surface area contributed by atoms with Crippen molar-refractivity contribution < 1.29 is 0 Å². The molecule has 0 aliphatic heterocycles. The van der Waals surface area contributed by atoms with E-state index in [1.807, 2.05) is 12.3 Å². The number of pyridine rings is 1. The predicted octanol–water partition coefficient (Wildman–Crippen LogP) is 3.69. The van der Waals surface area contributed by atoms with Gasteiger partial charge in [0.05, 0.1) is 11.7 Å². The molecule has 1 unspecified atom stereocenters. The first-order valence-corrected chi connectivity index (χ1v) is 7.56. The van der Waals surface area contributed by atoms with Crippen LogP contribution in [0.4, 0.5) is 0 Å². The Morgan fingerprint density at radius 1 is 1.41 bits per heavy atom. The lowest BCUT2D eigenvalue weighted by atomic mass is 9.96. The number of hydrogen-bond donors (Lipinski definition) is 2. The van der Waals surface area contributed by atoms with Crippen LogP contribution in [0.2, 0.25) is 0 Å². The van der Waals surface area contributed by atoms with E-state index in [1.165, 1.54) is 25.7 Å². The summed E-state index contributed by atoms with van der Waals surface area (Å²) in [5.74, 6) is 6.45. The van der Waals surface area contributed by atoms with Crippen molar-refractivity contribution >= 4 is 31.9 Å². The molecule has 3 N–H and O–H groups in total. The number of hydrazine groups is 1. The van der Waals surface area contributed by atoms with Gasteiger partial charge in [-0.1, -0.05) is 25.7 Å². The largest absolute Gasteiger partial charge is 0.271 e. The molecule has 0 aromatic carbocycles. The minimum absolute atomic E-state index is 0.139. The van der Waals surface area contributed by atoms with Gasteiger partial charge >= 0.3 is 0 Å². The Morgan fingerprint density at radius 3 is 2.71 bits per heavy atom. The van der Waals surface area contributed by atoms with Crippen LogP contribution in [-0.4, -0.2) is 4.98 Å². The maximum Gasteiger partial charge on any atom is 0.0729 e. The number of hydrogen-bond acceptors (Lipinski definition) is 3. The minimum atomic E-state index is 0.139. The normalized spacial score (nSPS) is 18.5. The molecule has 1 saturated carbocycles. The zero-order valence-electron chi connectivity index (χ0n) is 9.63. The van der Waals surface area contributed by atoms with Crippen molar-refractivity contribution in [2.75, 3.05) is 0 Å². The Kier molecular flexibility index (Phi) is 4.97. The smallest absolute Gasteiger partial charge is 0.0729 e. The van der Waals surface area contributed by atoms with Crippen molar-refractivity contribution in [3.05, 3.63) is 26.9 Å². The molecule has 94 valence electrons. The molecular formula is C12H17Br2N3. The maximum atomic E-state index is 5.67. The molecule has 1 aromatic rings. The molecule has 1 aromatic heterocycles. The molecule has 0 bridgehead atoms. The predicted molar refractivity (Wildman–Crippen MR) is 76.3 cm³/mol. The summed E-state index contributed by atoms with van der Waals surface area (Å²) < 4.78 is 1.98. The molecule has 3 nitrogen and oxygen atoms in total. The van der Waals surface area contributed by atoms with Gasteiger partial charge in [0, 0.05) is 15.1 Å². The average Bonchev–Trinajstić information content (AvgIpc) is 2.79. The van der Waals surface area contributed by atoms with Gasteiger partial charge in [-0.2, -0.15) is 0 Å². The van der Waals surface area contributed by atoms with Crippen LogP contribution in [0.3, 0.4) is 0 Å². The van der Waals surface area contributed by atoms with Gasteiger partial charge in [0.1, 0.15) is 0 Å². The molecule has 1 aliphatic rings. The SMILES string of the molecule is NNC(CC1CCCC1)c1ncc(Br)cc1Br. The number of halogens is 2. The zero-order valence-corrected chi connectivity index (χ0v) is 12.8. The summed E-state index contributed by atoms with van der Waals surface area (Å²) in [7, 11) is 0. The summed E-state index contributed by atoms with van der Waals surface area (Å²) in [6.45, 7) is 0. The Bertz CT molecular complexity index is 378. The van der Waals surface area contributed by atoms with Crippen LogP contribution in [0.1, 0.15) is 43.8 Å². The van der Waals surface area contributed by atoms with Crippen molar-refractivity contribution in [3.63, 3.8) is 0 Å². The first-order chi connectivity index (χ1) is 8.20. The number of nitrogens with zero attached hydrogens (tertiary/aromatic N) is 1. The molecule has 2 rings (SSSR count).